The fourth-order valence-corrected chi connectivity index (χ4v) is 6.53. The highest BCUT2D eigenvalue weighted by atomic mass is 19.2. The zero-order valence-electron chi connectivity index (χ0n) is 22.4. The first kappa shape index (κ1) is 26.4. The standard InChI is InChI=1S/C32H33F2N3O3/c33-27-9-3-8-26(30(27)34)23-10-11-28(31-24(19-23)7-4-15-35-31)40-32(39)36-16-13-25(14-17-36)37-18-12-21-5-1-2-6-22(21)20-29(37)38/h1-9,15,23,25,28H,10-14,16-20H2/t23-,28-/m1/s1. The molecule has 0 spiro atoms. The number of pyridine rings is 1. The Kier molecular flexibility index (Phi) is 7.50. The summed E-state index contributed by atoms with van der Waals surface area (Å²) >= 11 is 0. The van der Waals surface area contributed by atoms with Gasteiger partial charge in [-0.15, -0.1) is 0 Å². The molecule has 1 aromatic heterocycles. The molecule has 2 aliphatic heterocycles. The van der Waals surface area contributed by atoms with Gasteiger partial charge < -0.3 is 14.5 Å². The van der Waals surface area contributed by atoms with Gasteiger partial charge in [-0.05, 0) is 78.8 Å². The number of carbonyl (C=O) groups excluding carboxylic acids is 2. The lowest BCUT2D eigenvalue weighted by Gasteiger charge is -2.38. The summed E-state index contributed by atoms with van der Waals surface area (Å²) in [6, 6.07) is 16.3. The predicted octanol–water partition coefficient (Wildman–Crippen LogP) is 5.75. The van der Waals surface area contributed by atoms with Gasteiger partial charge in [0.05, 0.1) is 12.1 Å². The van der Waals surface area contributed by atoms with E-state index < -0.39 is 23.8 Å². The molecule has 1 fully saturated rings. The minimum Gasteiger partial charge on any atom is -0.440 e. The van der Waals surface area contributed by atoms with Crippen LogP contribution in [0.5, 0.6) is 0 Å². The van der Waals surface area contributed by atoms with E-state index in [0.717, 1.165) is 23.6 Å². The molecule has 0 radical (unpaired) electrons. The minimum absolute atomic E-state index is 0.105. The van der Waals surface area contributed by atoms with Gasteiger partial charge in [0.25, 0.3) is 0 Å². The van der Waals surface area contributed by atoms with Gasteiger partial charge in [0.1, 0.15) is 6.10 Å². The molecular formula is C32H33F2N3O3. The number of hydrogen-bond donors (Lipinski definition) is 0. The number of halogens is 2. The molecule has 0 unspecified atom stereocenters. The molecule has 2 aromatic carbocycles. The van der Waals surface area contributed by atoms with E-state index in [0.29, 0.717) is 69.4 Å². The van der Waals surface area contributed by atoms with Crippen molar-refractivity contribution in [1.29, 1.82) is 0 Å². The smallest absolute Gasteiger partial charge is 0.410 e. The van der Waals surface area contributed by atoms with Crippen molar-refractivity contribution in [3.63, 3.8) is 0 Å². The zero-order chi connectivity index (χ0) is 27.6. The van der Waals surface area contributed by atoms with Crippen LogP contribution in [0, 0.1) is 11.6 Å². The second-order valence-electron chi connectivity index (χ2n) is 11.0. The molecule has 40 heavy (non-hydrogen) atoms. The number of piperidine rings is 1. The Bertz CT molecular complexity index is 1410. The number of ether oxygens (including phenoxy) is 1. The minimum atomic E-state index is -0.856. The number of nitrogens with zero attached hydrogens (tertiary/aromatic N) is 3. The highest BCUT2D eigenvalue weighted by Crippen LogP contribution is 2.38. The summed E-state index contributed by atoms with van der Waals surface area (Å²) < 4.78 is 34.6. The number of likely N-dealkylation sites (tertiary alicyclic amines) is 1. The number of fused-ring (bicyclic) bond motifs is 2. The molecule has 208 valence electrons. The topological polar surface area (TPSA) is 62.7 Å². The third-order valence-electron chi connectivity index (χ3n) is 8.70. The van der Waals surface area contributed by atoms with Gasteiger partial charge in [0, 0.05) is 31.9 Å². The van der Waals surface area contributed by atoms with E-state index in [1.165, 1.54) is 11.6 Å². The van der Waals surface area contributed by atoms with Crippen LogP contribution < -0.4 is 0 Å². The van der Waals surface area contributed by atoms with Gasteiger partial charge in [-0.3, -0.25) is 9.78 Å². The Morgan fingerprint density at radius 2 is 1.65 bits per heavy atom. The van der Waals surface area contributed by atoms with Crippen LogP contribution in [0.1, 0.15) is 65.7 Å². The van der Waals surface area contributed by atoms with Crippen LogP contribution in [0.3, 0.4) is 0 Å². The Hall–Kier alpha value is -3.81. The Morgan fingerprint density at radius 1 is 0.875 bits per heavy atom. The van der Waals surface area contributed by atoms with Gasteiger partial charge in [0.2, 0.25) is 5.91 Å². The zero-order valence-corrected chi connectivity index (χ0v) is 22.4. The average molecular weight is 546 g/mol. The SMILES string of the molecule is O=C(O[C@@H]1CC[C@@H](c2cccc(F)c2F)Cc2cccnc21)N1CCC(N2CCc3ccccc3CC2=O)CC1. The largest absolute Gasteiger partial charge is 0.440 e. The normalized spacial score (nSPS) is 21.7. The molecule has 1 saturated heterocycles. The fourth-order valence-electron chi connectivity index (χ4n) is 6.53. The summed E-state index contributed by atoms with van der Waals surface area (Å²) in [6.45, 7) is 1.72. The van der Waals surface area contributed by atoms with E-state index in [1.807, 2.05) is 35.2 Å². The van der Waals surface area contributed by atoms with Gasteiger partial charge in [-0.1, -0.05) is 42.5 Å². The molecule has 3 heterocycles. The highest BCUT2D eigenvalue weighted by Gasteiger charge is 2.34. The summed E-state index contributed by atoms with van der Waals surface area (Å²) in [6.07, 6.45) is 4.90. The van der Waals surface area contributed by atoms with E-state index in [9.17, 15) is 18.4 Å². The first-order valence-electron chi connectivity index (χ1n) is 14.2. The highest BCUT2D eigenvalue weighted by molar-refractivity contribution is 5.80. The summed E-state index contributed by atoms with van der Waals surface area (Å²) in [4.78, 5) is 34.6. The van der Waals surface area contributed by atoms with Crippen LogP contribution >= 0.6 is 0 Å². The van der Waals surface area contributed by atoms with Gasteiger partial charge in [-0.2, -0.15) is 0 Å². The number of amides is 2. The average Bonchev–Trinajstić information content (AvgIpc) is 3.26. The van der Waals surface area contributed by atoms with E-state index in [-0.39, 0.29) is 17.9 Å². The summed E-state index contributed by atoms with van der Waals surface area (Å²) in [5, 5.41) is 0. The van der Waals surface area contributed by atoms with Crippen LogP contribution in [0.2, 0.25) is 0 Å². The van der Waals surface area contributed by atoms with Crippen LogP contribution in [0.15, 0.2) is 60.8 Å². The molecule has 0 saturated carbocycles. The Labute approximate surface area is 233 Å². The maximum Gasteiger partial charge on any atom is 0.410 e. The van der Waals surface area contributed by atoms with Crippen LogP contribution in [0.4, 0.5) is 13.6 Å². The molecule has 6 nitrogen and oxygen atoms in total. The second kappa shape index (κ2) is 11.4. The molecule has 8 heteroatoms. The number of rotatable bonds is 3. The fraction of sp³-hybridized carbons (Fsp3) is 0.406. The van der Waals surface area contributed by atoms with Crippen LogP contribution in [-0.4, -0.2) is 52.5 Å². The maximum atomic E-state index is 14.6. The lowest BCUT2D eigenvalue weighted by molar-refractivity contribution is -0.133. The number of carbonyl (C=O) groups is 2. The van der Waals surface area contributed by atoms with Gasteiger partial charge in [-0.25, -0.2) is 13.6 Å². The molecule has 2 amide bonds. The summed E-state index contributed by atoms with van der Waals surface area (Å²) in [7, 11) is 0. The first-order chi connectivity index (χ1) is 19.5. The van der Waals surface area contributed by atoms with Crippen molar-refractivity contribution in [2.75, 3.05) is 19.6 Å². The summed E-state index contributed by atoms with van der Waals surface area (Å²) in [5.74, 6) is -1.76. The van der Waals surface area contributed by atoms with Crippen molar-refractivity contribution in [2.45, 2.75) is 63.0 Å². The molecule has 3 aliphatic rings. The van der Waals surface area contributed by atoms with E-state index in [4.69, 9.17) is 4.74 Å². The lowest BCUT2D eigenvalue weighted by Crippen LogP contribution is -2.49. The second-order valence-corrected chi connectivity index (χ2v) is 11.0. The third kappa shape index (κ3) is 5.31. The number of benzene rings is 2. The van der Waals surface area contributed by atoms with Crippen molar-refractivity contribution < 1.29 is 23.1 Å². The monoisotopic (exact) mass is 545 g/mol. The first-order valence-corrected chi connectivity index (χ1v) is 14.2. The van der Waals surface area contributed by atoms with E-state index in [2.05, 4.69) is 11.1 Å². The third-order valence-corrected chi connectivity index (χ3v) is 8.70. The quantitative estimate of drug-likeness (QED) is 0.394. The van der Waals surface area contributed by atoms with Crippen molar-refractivity contribution in [3.8, 4) is 0 Å². The van der Waals surface area contributed by atoms with Crippen molar-refractivity contribution >= 4 is 12.0 Å². The molecule has 6 rings (SSSR count). The Morgan fingerprint density at radius 3 is 2.48 bits per heavy atom. The van der Waals surface area contributed by atoms with Gasteiger partial charge >= 0.3 is 6.09 Å². The van der Waals surface area contributed by atoms with Crippen LogP contribution in [-0.2, 0) is 28.8 Å². The molecule has 0 bridgehead atoms. The predicted molar refractivity (Wildman–Crippen MR) is 146 cm³/mol. The summed E-state index contributed by atoms with van der Waals surface area (Å²) in [5.41, 5.74) is 4.25. The number of hydrogen-bond acceptors (Lipinski definition) is 4. The number of aromatic nitrogens is 1. The molecule has 2 atom stereocenters. The van der Waals surface area contributed by atoms with Crippen molar-refractivity contribution in [3.05, 3.63) is 100 Å². The maximum absolute atomic E-state index is 14.6. The van der Waals surface area contributed by atoms with Crippen LogP contribution in [0.25, 0.3) is 0 Å². The molecular weight excluding hydrogens is 512 g/mol. The molecule has 1 aliphatic carbocycles. The van der Waals surface area contributed by atoms with E-state index >= 15 is 0 Å². The van der Waals surface area contributed by atoms with E-state index in [1.54, 1.807) is 17.2 Å². The van der Waals surface area contributed by atoms with Crippen molar-refractivity contribution in [1.82, 2.24) is 14.8 Å². The molecule has 0 N–H and O–H groups in total. The molecule has 3 aromatic rings. The van der Waals surface area contributed by atoms with Gasteiger partial charge in [0.15, 0.2) is 11.6 Å². The lowest BCUT2D eigenvalue weighted by atomic mass is 9.90. The van der Waals surface area contributed by atoms with Crippen molar-refractivity contribution in [2.24, 2.45) is 0 Å². The Balaban J connectivity index is 1.09.